The van der Waals surface area contributed by atoms with Gasteiger partial charge in [0, 0.05) is 12.6 Å². The normalized spacial score (nSPS) is 23.4. The van der Waals surface area contributed by atoms with Gasteiger partial charge in [0.05, 0.1) is 0 Å². The molecule has 0 aromatic rings. The predicted molar refractivity (Wildman–Crippen MR) is 66.4 cm³/mol. The maximum Gasteiger partial charge on any atom is 0.329 e. The van der Waals surface area contributed by atoms with Crippen LogP contribution in [0.1, 0.15) is 32.6 Å². The molecule has 0 radical (unpaired) electrons. The third-order valence-corrected chi connectivity index (χ3v) is 3.83. The number of aliphatic carboxylic acids is 1. The van der Waals surface area contributed by atoms with E-state index in [1.165, 1.54) is 12.8 Å². The fraction of sp³-hybridized carbons (Fsp3) is 0.833. The van der Waals surface area contributed by atoms with Crippen LogP contribution in [0.15, 0.2) is 0 Å². The van der Waals surface area contributed by atoms with Crippen molar-refractivity contribution in [2.24, 2.45) is 0 Å². The zero-order valence-corrected chi connectivity index (χ0v) is 10.7. The van der Waals surface area contributed by atoms with Crippen molar-refractivity contribution >= 4 is 12.0 Å². The topological polar surface area (TPSA) is 81.7 Å². The van der Waals surface area contributed by atoms with Gasteiger partial charge >= 0.3 is 12.0 Å². The molecule has 0 aromatic carbocycles. The standard InChI is InChI=1S/C12H21N3O3/c1-9(15-6-2-3-7-15)8-13-11(18)14-12(4-5-12)10(16)17/h9H,2-8H2,1H3,(H,16,17)(H2,13,14,18). The van der Waals surface area contributed by atoms with Crippen LogP contribution < -0.4 is 10.6 Å². The maximum absolute atomic E-state index is 11.6. The van der Waals surface area contributed by atoms with Crippen LogP contribution in [-0.4, -0.2) is 53.2 Å². The van der Waals surface area contributed by atoms with Crippen LogP contribution in [0.3, 0.4) is 0 Å². The van der Waals surface area contributed by atoms with Gasteiger partial charge < -0.3 is 15.7 Å². The minimum Gasteiger partial charge on any atom is -0.480 e. The molecule has 0 bridgehead atoms. The quantitative estimate of drug-likeness (QED) is 0.663. The Morgan fingerprint density at radius 2 is 1.94 bits per heavy atom. The van der Waals surface area contributed by atoms with Gasteiger partial charge in [0.15, 0.2) is 0 Å². The second kappa shape index (κ2) is 5.14. The number of hydrogen-bond donors (Lipinski definition) is 3. The van der Waals surface area contributed by atoms with Crippen LogP contribution in [0, 0.1) is 0 Å². The van der Waals surface area contributed by atoms with E-state index in [1.807, 2.05) is 0 Å². The van der Waals surface area contributed by atoms with Crippen LogP contribution in [0.4, 0.5) is 4.79 Å². The number of amides is 2. The van der Waals surface area contributed by atoms with Gasteiger partial charge in [0.2, 0.25) is 0 Å². The molecule has 1 aliphatic carbocycles. The first-order valence-electron chi connectivity index (χ1n) is 6.57. The Bertz CT molecular complexity index is 335. The fourth-order valence-electron chi connectivity index (χ4n) is 2.33. The monoisotopic (exact) mass is 255 g/mol. The van der Waals surface area contributed by atoms with E-state index in [0.29, 0.717) is 25.4 Å². The number of carboxylic acid groups (broad SMARTS) is 1. The van der Waals surface area contributed by atoms with Crippen molar-refractivity contribution in [3.05, 3.63) is 0 Å². The van der Waals surface area contributed by atoms with Crippen molar-refractivity contribution in [3.8, 4) is 0 Å². The van der Waals surface area contributed by atoms with E-state index in [2.05, 4.69) is 22.5 Å². The molecule has 0 spiro atoms. The van der Waals surface area contributed by atoms with Crippen molar-refractivity contribution in [1.82, 2.24) is 15.5 Å². The summed E-state index contributed by atoms with van der Waals surface area (Å²) >= 11 is 0. The van der Waals surface area contributed by atoms with Gasteiger partial charge in [-0.15, -0.1) is 0 Å². The minimum absolute atomic E-state index is 0.304. The van der Waals surface area contributed by atoms with E-state index in [-0.39, 0.29) is 6.03 Å². The van der Waals surface area contributed by atoms with Crippen molar-refractivity contribution in [1.29, 1.82) is 0 Å². The molecule has 1 saturated carbocycles. The van der Waals surface area contributed by atoms with Gasteiger partial charge in [-0.1, -0.05) is 0 Å². The first-order valence-corrected chi connectivity index (χ1v) is 6.57. The summed E-state index contributed by atoms with van der Waals surface area (Å²) in [6.07, 6.45) is 3.49. The SMILES string of the molecule is CC(CNC(=O)NC1(C(=O)O)CC1)N1CCCC1. The number of nitrogens with one attached hydrogen (secondary N) is 2. The molecule has 1 aliphatic heterocycles. The fourth-order valence-corrected chi connectivity index (χ4v) is 2.33. The zero-order chi connectivity index (χ0) is 13.2. The summed E-state index contributed by atoms with van der Waals surface area (Å²) in [6.45, 7) is 4.81. The van der Waals surface area contributed by atoms with Crippen molar-refractivity contribution in [3.63, 3.8) is 0 Å². The van der Waals surface area contributed by atoms with E-state index in [9.17, 15) is 9.59 Å². The zero-order valence-electron chi connectivity index (χ0n) is 10.7. The Labute approximate surface area is 107 Å². The average molecular weight is 255 g/mol. The van der Waals surface area contributed by atoms with E-state index >= 15 is 0 Å². The van der Waals surface area contributed by atoms with Crippen LogP contribution in [-0.2, 0) is 4.79 Å². The molecule has 2 rings (SSSR count). The average Bonchev–Trinajstić information content (AvgIpc) is 2.91. The van der Waals surface area contributed by atoms with Crippen LogP contribution in [0.25, 0.3) is 0 Å². The highest BCUT2D eigenvalue weighted by atomic mass is 16.4. The summed E-state index contributed by atoms with van der Waals surface area (Å²) in [5, 5.41) is 14.3. The molecule has 1 unspecified atom stereocenters. The van der Waals surface area contributed by atoms with E-state index < -0.39 is 11.5 Å². The summed E-state index contributed by atoms with van der Waals surface area (Å²) in [5.41, 5.74) is -0.999. The number of carbonyl (C=O) groups is 2. The summed E-state index contributed by atoms with van der Waals surface area (Å²) in [4.78, 5) is 24.9. The Kier molecular flexibility index (Phi) is 3.75. The van der Waals surface area contributed by atoms with Crippen molar-refractivity contribution in [2.75, 3.05) is 19.6 Å². The Morgan fingerprint density at radius 3 is 2.44 bits per heavy atom. The van der Waals surface area contributed by atoms with E-state index in [1.54, 1.807) is 0 Å². The number of hydrogen-bond acceptors (Lipinski definition) is 3. The lowest BCUT2D eigenvalue weighted by molar-refractivity contribution is -0.140. The molecule has 6 heteroatoms. The number of nitrogens with zero attached hydrogens (tertiary/aromatic N) is 1. The number of carbonyl (C=O) groups excluding carboxylic acids is 1. The van der Waals surface area contributed by atoms with E-state index in [4.69, 9.17) is 5.11 Å². The largest absolute Gasteiger partial charge is 0.480 e. The molecule has 0 aromatic heterocycles. The lowest BCUT2D eigenvalue weighted by Crippen LogP contribution is -2.50. The molecule has 3 N–H and O–H groups in total. The van der Waals surface area contributed by atoms with Crippen LogP contribution in [0.2, 0.25) is 0 Å². The molecule has 2 amide bonds. The highest BCUT2D eigenvalue weighted by Gasteiger charge is 2.51. The number of carboxylic acids is 1. The lowest BCUT2D eigenvalue weighted by Gasteiger charge is -2.24. The van der Waals surface area contributed by atoms with E-state index in [0.717, 1.165) is 13.1 Å². The Morgan fingerprint density at radius 1 is 1.33 bits per heavy atom. The third-order valence-electron chi connectivity index (χ3n) is 3.83. The second-order valence-corrected chi connectivity index (χ2v) is 5.31. The number of urea groups is 1. The third kappa shape index (κ3) is 2.93. The summed E-state index contributed by atoms with van der Waals surface area (Å²) in [5.74, 6) is -0.940. The number of rotatable bonds is 5. The number of likely N-dealkylation sites (tertiary alicyclic amines) is 1. The molecule has 102 valence electrons. The summed E-state index contributed by atoms with van der Waals surface area (Å²) in [7, 11) is 0. The second-order valence-electron chi connectivity index (χ2n) is 5.31. The summed E-state index contributed by atoms with van der Waals surface area (Å²) in [6, 6.07) is -0.0702. The molecule has 6 nitrogen and oxygen atoms in total. The summed E-state index contributed by atoms with van der Waals surface area (Å²) < 4.78 is 0. The predicted octanol–water partition coefficient (Wildman–Crippen LogP) is 0.387. The minimum atomic E-state index is -0.999. The molecule has 1 saturated heterocycles. The van der Waals surface area contributed by atoms with Gasteiger partial charge in [-0.05, 0) is 45.7 Å². The lowest BCUT2D eigenvalue weighted by atomic mass is 10.3. The first-order chi connectivity index (χ1) is 8.53. The highest BCUT2D eigenvalue weighted by molar-refractivity contribution is 5.88. The molecule has 18 heavy (non-hydrogen) atoms. The molecular weight excluding hydrogens is 234 g/mol. The van der Waals surface area contributed by atoms with Gasteiger partial charge in [-0.2, -0.15) is 0 Å². The highest BCUT2D eigenvalue weighted by Crippen LogP contribution is 2.35. The Balaban J connectivity index is 1.70. The van der Waals surface area contributed by atoms with Crippen molar-refractivity contribution < 1.29 is 14.7 Å². The van der Waals surface area contributed by atoms with Gasteiger partial charge in [-0.3, -0.25) is 4.90 Å². The van der Waals surface area contributed by atoms with Crippen molar-refractivity contribution in [2.45, 2.75) is 44.2 Å². The van der Waals surface area contributed by atoms with Gasteiger partial charge in [0.25, 0.3) is 0 Å². The maximum atomic E-state index is 11.6. The van der Waals surface area contributed by atoms with Crippen LogP contribution in [0.5, 0.6) is 0 Å². The van der Waals surface area contributed by atoms with Crippen LogP contribution >= 0.6 is 0 Å². The molecule has 1 heterocycles. The molecule has 2 aliphatic rings. The molecular formula is C12H21N3O3. The molecule has 2 fully saturated rings. The molecule has 1 atom stereocenters. The smallest absolute Gasteiger partial charge is 0.329 e. The van der Waals surface area contributed by atoms with Gasteiger partial charge in [-0.25, -0.2) is 9.59 Å². The Hall–Kier alpha value is -1.30. The first kappa shape index (κ1) is 13.1. The van der Waals surface area contributed by atoms with Gasteiger partial charge in [0.1, 0.15) is 5.54 Å².